The van der Waals surface area contributed by atoms with E-state index in [2.05, 4.69) is 24.1 Å². The Morgan fingerprint density at radius 2 is 1.76 bits per heavy atom. The van der Waals surface area contributed by atoms with Crippen molar-refractivity contribution in [2.75, 3.05) is 5.32 Å². The van der Waals surface area contributed by atoms with Crippen molar-refractivity contribution in [1.29, 1.82) is 0 Å². The van der Waals surface area contributed by atoms with Gasteiger partial charge in [0.05, 0.1) is 10.2 Å². The van der Waals surface area contributed by atoms with E-state index in [1.165, 1.54) is 0 Å². The van der Waals surface area contributed by atoms with Crippen LogP contribution >= 0.6 is 36.2 Å². The molecule has 0 saturated carbocycles. The van der Waals surface area contributed by atoms with E-state index < -0.39 is 0 Å². The molecular formula is C15H18Cl2N2OS. The number of thiazole rings is 1. The average Bonchev–Trinajstić information content (AvgIpc) is 2.79. The molecule has 0 aliphatic carbocycles. The number of aromatic hydroxyl groups is 1. The first-order valence-electron chi connectivity index (χ1n) is 6.35. The average molecular weight is 345 g/mol. The van der Waals surface area contributed by atoms with Gasteiger partial charge in [-0.3, -0.25) is 0 Å². The Kier molecular flexibility index (Phi) is 5.68. The van der Waals surface area contributed by atoms with Crippen LogP contribution < -0.4 is 5.32 Å². The number of nitrogens with one attached hydrogen (secondary N) is 1. The van der Waals surface area contributed by atoms with E-state index in [9.17, 15) is 5.11 Å². The summed E-state index contributed by atoms with van der Waals surface area (Å²) in [6, 6.07) is 8.21. The third kappa shape index (κ3) is 3.03. The van der Waals surface area contributed by atoms with Crippen molar-refractivity contribution in [2.24, 2.45) is 0 Å². The van der Waals surface area contributed by atoms with Crippen LogP contribution in [-0.2, 0) is 0 Å². The van der Waals surface area contributed by atoms with Gasteiger partial charge in [0.1, 0.15) is 5.75 Å². The summed E-state index contributed by atoms with van der Waals surface area (Å²) in [4.78, 5) is 4.68. The predicted octanol–water partition coefficient (Wildman–Crippen LogP) is 5.13. The maximum atomic E-state index is 10.3. The van der Waals surface area contributed by atoms with E-state index in [4.69, 9.17) is 0 Å². The van der Waals surface area contributed by atoms with E-state index in [1.54, 1.807) is 11.3 Å². The highest BCUT2D eigenvalue weighted by Gasteiger charge is 2.15. The molecule has 0 aliphatic heterocycles. The lowest BCUT2D eigenvalue weighted by Crippen LogP contribution is -2.08. The summed E-state index contributed by atoms with van der Waals surface area (Å²) in [6.45, 7) is 6.13. The molecule has 0 fully saturated rings. The molecule has 3 rings (SSSR count). The van der Waals surface area contributed by atoms with Gasteiger partial charge < -0.3 is 10.4 Å². The van der Waals surface area contributed by atoms with Gasteiger partial charge >= 0.3 is 0 Å². The molecule has 0 spiro atoms. The van der Waals surface area contributed by atoms with Gasteiger partial charge in [0.15, 0.2) is 5.13 Å². The van der Waals surface area contributed by atoms with Crippen LogP contribution in [0, 0.1) is 6.92 Å². The number of benzene rings is 2. The molecule has 0 radical (unpaired) electrons. The maximum absolute atomic E-state index is 10.3. The van der Waals surface area contributed by atoms with Gasteiger partial charge in [-0.2, -0.15) is 0 Å². The summed E-state index contributed by atoms with van der Waals surface area (Å²) in [5, 5.41) is 16.4. The van der Waals surface area contributed by atoms with E-state index in [-0.39, 0.29) is 24.8 Å². The van der Waals surface area contributed by atoms with Crippen molar-refractivity contribution in [2.45, 2.75) is 26.8 Å². The van der Waals surface area contributed by atoms with Crippen LogP contribution in [-0.4, -0.2) is 16.1 Å². The highest BCUT2D eigenvalue weighted by Crippen LogP contribution is 2.40. The normalized spacial score (nSPS) is 10.5. The second kappa shape index (κ2) is 6.69. The lowest BCUT2D eigenvalue weighted by atomic mass is 10.0. The molecule has 3 aromatic rings. The summed E-state index contributed by atoms with van der Waals surface area (Å²) in [7, 11) is 0. The summed E-state index contributed by atoms with van der Waals surface area (Å²) >= 11 is 1.60. The molecule has 0 aliphatic rings. The minimum absolute atomic E-state index is 0. The van der Waals surface area contributed by atoms with Gasteiger partial charge in [-0.05, 0) is 20.8 Å². The van der Waals surface area contributed by atoms with Gasteiger partial charge in [-0.25, -0.2) is 4.98 Å². The molecule has 2 N–H and O–H groups in total. The second-order valence-corrected chi connectivity index (χ2v) is 6.01. The first kappa shape index (κ1) is 17.8. The Bertz CT molecular complexity index is 771. The van der Waals surface area contributed by atoms with Crippen molar-refractivity contribution in [3.63, 3.8) is 0 Å². The number of fused-ring (bicyclic) bond motifs is 3. The Labute approximate surface area is 140 Å². The van der Waals surface area contributed by atoms with Gasteiger partial charge in [0.2, 0.25) is 0 Å². The lowest BCUT2D eigenvalue weighted by Gasteiger charge is -2.05. The highest BCUT2D eigenvalue weighted by molar-refractivity contribution is 7.22. The number of hydrogen-bond donors (Lipinski definition) is 2. The largest absolute Gasteiger partial charge is 0.507 e. The molecule has 1 heterocycles. The molecular weight excluding hydrogens is 327 g/mol. The van der Waals surface area contributed by atoms with Crippen molar-refractivity contribution in [1.82, 2.24) is 4.98 Å². The molecule has 0 saturated heterocycles. The first-order valence-corrected chi connectivity index (χ1v) is 7.17. The maximum Gasteiger partial charge on any atom is 0.184 e. The van der Waals surface area contributed by atoms with Crippen LogP contribution in [0.2, 0.25) is 0 Å². The Morgan fingerprint density at radius 1 is 1.14 bits per heavy atom. The van der Waals surface area contributed by atoms with E-state index >= 15 is 0 Å². The Hall–Kier alpha value is -1.23. The highest BCUT2D eigenvalue weighted by atomic mass is 35.5. The molecule has 2 aromatic carbocycles. The number of nitrogens with zero attached hydrogens (tertiary/aromatic N) is 1. The van der Waals surface area contributed by atoms with Crippen molar-refractivity contribution < 1.29 is 5.11 Å². The lowest BCUT2D eigenvalue weighted by molar-refractivity contribution is 0.478. The topological polar surface area (TPSA) is 45.2 Å². The molecule has 0 bridgehead atoms. The van der Waals surface area contributed by atoms with Gasteiger partial charge in [-0.1, -0.05) is 35.6 Å². The number of aryl methyl sites for hydroxylation is 1. The number of aromatic nitrogens is 1. The number of phenolic OH excluding ortho intramolecular Hbond substituents is 1. The molecule has 0 amide bonds. The third-order valence-corrected chi connectivity index (χ3v) is 4.28. The van der Waals surface area contributed by atoms with Gasteiger partial charge in [0, 0.05) is 22.4 Å². The molecule has 3 nitrogen and oxygen atoms in total. The quantitative estimate of drug-likeness (QED) is 0.677. The number of halogens is 2. The third-order valence-electron chi connectivity index (χ3n) is 3.17. The van der Waals surface area contributed by atoms with Gasteiger partial charge in [0.25, 0.3) is 0 Å². The summed E-state index contributed by atoms with van der Waals surface area (Å²) in [5.74, 6) is 0.364. The fraction of sp³-hybridized carbons (Fsp3) is 0.267. The SMILES string of the molecule is Cc1c(O)c2ccccc2c2nc(NC(C)C)sc12.Cl.Cl. The zero-order chi connectivity index (χ0) is 13.6. The fourth-order valence-electron chi connectivity index (χ4n) is 2.27. The summed E-state index contributed by atoms with van der Waals surface area (Å²) < 4.78 is 1.05. The molecule has 21 heavy (non-hydrogen) atoms. The van der Waals surface area contributed by atoms with Crippen LogP contribution in [0.3, 0.4) is 0 Å². The van der Waals surface area contributed by atoms with Crippen LogP contribution in [0.5, 0.6) is 5.75 Å². The van der Waals surface area contributed by atoms with Crippen LogP contribution in [0.4, 0.5) is 5.13 Å². The van der Waals surface area contributed by atoms with Crippen molar-refractivity contribution in [3.8, 4) is 5.75 Å². The van der Waals surface area contributed by atoms with Crippen molar-refractivity contribution >= 4 is 62.3 Å². The molecule has 114 valence electrons. The smallest absolute Gasteiger partial charge is 0.184 e. The Balaban J connectivity index is 0.00000110. The minimum atomic E-state index is 0. The van der Waals surface area contributed by atoms with Crippen molar-refractivity contribution in [3.05, 3.63) is 29.8 Å². The van der Waals surface area contributed by atoms with Crippen LogP contribution in [0.25, 0.3) is 21.0 Å². The molecule has 0 atom stereocenters. The van der Waals surface area contributed by atoms with E-state index in [0.717, 1.165) is 31.7 Å². The monoisotopic (exact) mass is 344 g/mol. The molecule has 1 aromatic heterocycles. The standard InChI is InChI=1S/C15H16N2OS.2ClH/c1-8(2)16-15-17-12-10-6-4-5-7-11(10)13(18)9(3)14(12)19-15;;/h4-8,18H,1-3H3,(H,16,17);2*1H. The van der Waals surface area contributed by atoms with Gasteiger partial charge in [-0.15, -0.1) is 24.8 Å². The summed E-state index contributed by atoms with van der Waals surface area (Å²) in [6.07, 6.45) is 0. The first-order chi connectivity index (χ1) is 9.08. The number of hydrogen-bond acceptors (Lipinski definition) is 4. The fourth-order valence-corrected chi connectivity index (χ4v) is 3.40. The van der Waals surface area contributed by atoms with E-state index in [1.807, 2.05) is 31.2 Å². The second-order valence-electron chi connectivity index (χ2n) is 5.01. The zero-order valence-electron chi connectivity index (χ0n) is 12.0. The predicted molar refractivity (Wildman–Crippen MR) is 96.8 cm³/mol. The van der Waals surface area contributed by atoms with Crippen LogP contribution in [0.15, 0.2) is 24.3 Å². The van der Waals surface area contributed by atoms with Crippen LogP contribution in [0.1, 0.15) is 19.4 Å². The number of phenols is 1. The molecule has 0 unspecified atom stereocenters. The summed E-state index contributed by atoms with van der Waals surface area (Å²) in [5.41, 5.74) is 1.88. The van der Waals surface area contributed by atoms with E-state index in [0.29, 0.717) is 11.8 Å². The number of rotatable bonds is 2. The number of anilines is 1. The molecule has 6 heteroatoms. The zero-order valence-corrected chi connectivity index (χ0v) is 14.5. The Morgan fingerprint density at radius 3 is 2.38 bits per heavy atom. The minimum Gasteiger partial charge on any atom is -0.507 e.